The summed E-state index contributed by atoms with van der Waals surface area (Å²) in [6.45, 7) is 12.3. The van der Waals surface area contributed by atoms with E-state index in [-0.39, 0.29) is 16.9 Å². The van der Waals surface area contributed by atoms with Gasteiger partial charge in [0.1, 0.15) is 12.0 Å². The molecule has 5 rings (SSSR count). The summed E-state index contributed by atoms with van der Waals surface area (Å²) in [5.41, 5.74) is 5.24. The Balaban J connectivity index is 1.28. The van der Waals surface area contributed by atoms with Crippen molar-refractivity contribution in [3.05, 3.63) is 71.3 Å². The van der Waals surface area contributed by atoms with E-state index in [1.807, 2.05) is 6.20 Å². The molecule has 3 aliphatic carbocycles. The molecule has 33 heavy (non-hydrogen) atoms. The lowest BCUT2D eigenvalue weighted by atomic mass is 9.90. The lowest BCUT2D eigenvalue weighted by Gasteiger charge is -2.24. The normalized spacial score (nSPS) is 34.8. The number of allylic oxidation sites excluding steroid dienone is 3. The molecule has 1 saturated heterocycles. The summed E-state index contributed by atoms with van der Waals surface area (Å²) < 4.78 is 6.30. The predicted molar refractivity (Wildman–Crippen MR) is 133 cm³/mol. The Morgan fingerprint density at radius 1 is 1.27 bits per heavy atom. The molecule has 0 N–H and O–H groups in total. The first-order chi connectivity index (χ1) is 15.9. The number of nitrogens with zero attached hydrogens (tertiary/aromatic N) is 2. The topological polar surface area (TPSA) is 41.9 Å². The Morgan fingerprint density at radius 2 is 2.03 bits per heavy atom. The van der Waals surface area contributed by atoms with Gasteiger partial charge in [0.25, 0.3) is 0 Å². The first kappa shape index (κ1) is 22.2. The Hall–Kier alpha value is -2.62. The van der Waals surface area contributed by atoms with Gasteiger partial charge in [-0.05, 0) is 56.4 Å². The molecule has 0 aromatic heterocycles. The van der Waals surface area contributed by atoms with Crippen LogP contribution in [0.25, 0.3) is 0 Å². The largest absolute Gasteiger partial charge is 0.493 e. The fourth-order valence-corrected chi connectivity index (χ4v) is 5.82. The minimum atomic E-state index is -0.0444. The van der Waals surface area contributed by atoms with Crippen molar-refractivity contribution in [2.75, 3.05) is 13.2 Å². The van der Waals surface area contributed by atoms with Crippen molar-refractivity contribution in [3.63, 3.8) is 0 Å². The maximum absolute atomic E-state index is 11.3. The maximum atomic E-state index is 11.3. The number of aldehydes is 1. The second-order valence-corrected chi connectivity index (χ2v) is 10.8. The Bertz CT molecular complexity index is 1030. The molecule has 3 fully saturated rings. The Kier molecular flexibility index (Phi) is 5.58. The summed E-state index contributed by atoms with van der Waals surface area (Å²) in [4.78, 5) is 18.6. The molecule has 0 amide bonds. The number of hydrogen-bond acceptors (Lipinski definition) is 4. The van der Waals surface area contributed by atoms with E-state index in [1.54, 1.807) is 0 Å². The van der Waals surface area contributed by atoms with Gasteiger partial charge in [-0.2, -0.15) is 0 Å². The standard InChI is InChI=1S/C29H36N2O2/c1-5-22-11-21(4)26(13-27(22)33-19-29-16-28(29,17-29)18-32)30-14-25-12-24(15-31(25)6-2)23-9-7-20(3)8-10-23/h6-10,13-14,18,21,24-25H,2,5,11-12,15-17,19H2,1,3-4H3. The summed E-state index contributed by atoms with van der Waals surface area (Å²) in [6, 6.07) is 9.17. The van der Waals surface area contributed by atoms with Gasteiger partial charge in [-0.3, -0.25) is 4.99 Å². The molecule has 3 unspecified atom stereocenters. The molecule has 1 heterocycles. The number of ether oxygens (including phenoxy) is 1. The second-order valence-electron chi connectivity index (χ2n) is 10.8. The number of carbonyl (C=O) groups excluding carboxylic acids is 1. The van der Waals surface area contributed by atoms with Crippen molar-refractivity contribution in [2.24, 2.45) is 21.7 Å². The van der Waals surface area contributed by atoms with Crippen molar-refractivity contribution < 1.29 is 9.53 Å². The highest BCUT2D eigenvalue weighted by molar-refractivity contribution is 5.74. The number of hydrogen-bond donors (Lipinski definition) is 0. The summed E-state index contributed by atoms with van der Waals surface area (Å²) in [6.07, 6.45) is 12.4. The van der Waals surface area contributed by atoms with Crippen LogP contribution in [0.2, 0.25) is 0 Å². The zero-order chi connectivity index (χ0) is 23.2. The zero-order valence-electron chi connectivity index (χ0n) is 20.2. The van der Waals surface area contributed by atoms with Gasteiger partial charge in [0.15, 0.2) is 0 Å². The van der Waals surface area contributed by atoms with Crippen LogP contribution in [-0.4, -0.2) is 36.6 Å². The number of likely N-dealkylation sites (tertiary alicyclic amines) is 1. The number of aryl methyl sites for hydroxylation is 1. The highest BCUT2D eigenvalue weighted by Crippen LogP contribution is 2.85. The third kappa shape index (κ3) is 3.98. The van der Waals surface area contributed by atoms with Crippen LogP contribution >= 0.6 is 0 Å². The average molecular weight is 445 g/mol. The van der Waals surface area contributed by atoms with Crippen LogP contribution in [0.4, 0.5) is 0 Å². The molecular weight excluding hydrogens is 408 g/mol. The minimum Gasteiger partial charge on any atom is -0.493 e. The summed E-state index contributed by atoms with van der Waals surface area (Å²) in [5.74, 6) is 1.86. The van der Waals surface area contributed by atoms with E-state index in [9.17, 15) is 4.79 Å². The van der Waals surface area contributed by atoms with Crippen LogP contribution in [0.5, 0.6) is 0 Å². The average Bonchev–Trinajstić information content (AvgIpc) is 3.57. The fourth-order valence-electron chi connectivity index (χ4n) is 5.82. The molecule has 0 bridgehead atoms. The molecule has 1 aromatic carbocycles. The molecule has 4 aliphatic rings. The van der Waals surface area contributed by atoms with E-state index in [1.165, 1.54) is 16.7 Å². The number of benzene rings is 1. The molecule has 3 atom stereocenters. The number of aliphatic imine (C=N–C) groups is 1. The summed E-state index contributed by atoms with van der Waals surface area (Å²) in [7, 11) is 0. The van der Waals surface area contributed by atoms with Crippen molar-refractivity contribution in [2.45, 2.75) is 64.8 Å². The van der Waals surface area contributed by atoms with Crippen molar-refractivity contribution in [3.8, 4) is 0 Å². The lowest BCUT2D eigenvalue weighted by Crippen LogP contribution is -2.25. The van der Waals surface area contributed by atoms with E-state index in [0.29, 0.717) is 18.4 Å². The highest BCUT2D eigenvalue weighted by Gasteiger charge is 2.83. The van der Waals surface area contributed by atoms with Crippen LogP contribution < -0.4 is 0 Å². The van der Waals surface area contributed by atoms with Gasteiger partial charge in [0, 0.05) is 47.2 Å². The third-order valence-corrected chi connectivity index (χ3v) is 8.52. The van der Waals surface area contributed by atoms with Crippen molar-refractivity contribution in [1.82, 2.24) is 4.90 Å². The zero-order valence-corrected chi connectivity index (χ0v) is 20.2. The van der Waals surface area contributed by atoms with Crippen LogP contribution in [0.15, 0.2) is 65.1 Å². The van der Waals surface area contributed by atoms with E-state index in [0.717, 1.165) is 56.4 Å². The molecule has 0 radical (unpaired) electrons. The molecule has 4 nitrogen and oxygen atoms in total. The minimum absolute atomic E-state index is 0.0444. The summed E-state index contributed by atoms with van der Waals surface area (Å²) in [5, 5.41) is 0. The van der Waals surface area contributed by atoms with Gasteiger partial charge in [0.2, 0.25) is 0 Å². The Morgan fingerprint density at radius 3 is 2.67 bits per heavy atom. The van der Waals surface area contributed by atoms with E-state index < -0.39 is 0 Å². The molecule has 0 spiro atoms. The fraction of sp³-hybridized carbons (Fsp3) is 0.517. The van der Waals surface area contributed by atoms with Crippen LogP contribution in [-0.2, 0) is 9.53 Å². The van der Waals surface area contributed by atoms with Gasteiger partial charge < -0.3 is 14.4 Å². The monoisotopic (exact) mass is 444 g/mol. The molecule has 4 heteroatoms. The number of fused-ring (bicyclic) bond motifs is 1. The second kappa shape index (κ2) is 8.30. The third-order valence-electron chi connectivity index (χ3n) is 8.52. The first-order valence-electron chi connectivity index (χ1n) is 12.4. The Labute approximate surface area is 198 Å². The molecular formula is C29H36N2O2. The van der Waals surface area contributed by atoms with Gasteiger partial charge in [-0.25, -0.2) is 0 Å². The van der Waals surface area contributed by atoms with Gasteiger partial charge in [-0.15, -0.1) is 0 Å². The number of rotatable bonds is 9. The quantitative estimate of drug-likeness (QED) is 0.349. The SMILES string of the molecule is C=CN1CC(c2ccc(C)cc2)CC1C=NC1=CC(OCC23CC2(C=O)C3)=C(CC)CC1C. The van der Waals surface area contributed by atoms with Gasteiger partial charge in [-0.1, -0.05) is 50.3 Å². The predicted octanol–water partition coefficient (Wildman–Crippen LogP) is 5.95. The molecule has 1 aliphatic heterocycles. The van der Waals surface area contributed by atoms with Crippen molar-refractivity contribution in [1.29, 1.82) is 0 Å². The van der Waals surface area contributed by atoms with Crippen LogP contribution in [0.1, 0.15) is 63.0 Å². The van der Waals surface area contributed by atoms with Gasteiger partial charge >= 0.3 is 0 Å². The van der Waals surface area contributed by atoms with Crippen LogP contribution in [0.3, 0.4) is 0 Å². The highest BCUT2D eigenvalue weighted by atomic mass is 16.5. The molecule has 1 aromatic rings. The maximum Gasteiger partial charge on any atom is 0.126 e. The lowest BCUT2D eigenvalue weighted by molar-refractivity contribution is -0.110. The first-order valence-corrected chi connectivity index (χ1v) is 12.4. The van der Waals surface area contributed by atoms with Crippen molar-refractivity contribution >= 4 is 12.5 Å². The smallest absolute Gasteiger partial charge is 0.126 e. The van der Waals surface area contributed by atoms with Crippen LogP contribution in [0, 0.1) is 23.7 Å². The van der Waals surface area contributed by atoms with E-state index in [4.69, 9.17) is 9.73 Å². The van der Waals surface area contributed by atoms with E-state index >= 15 is 0 Å². The molecule has 174 valence electrons. The molecule has 2 saturated carbocycles. The summed E-state index contributed by atoms with van der Waals surface area (Å²) >= 11 is 0. The number of carbonyl (C=O) groups is 1. The van der Waals surface area contributed by atoms with E-state index in [2.05, 4.69) is 68.8 Å². The van der Waals surface area contributed by atoms with Gasteiger partial charge in [0.05, 0.1) is 12.6 Å².